The third kappa shape index (κ3) is 3.71. The molecule has 4 aliphatic rings. The van der Waals surface area contributed by atoms with Gasteiger partial charge in [0.05, 0.1) is 11.4 Å². The lowest BCUT2D eigenvalue weighted by Gasteiger charge is -2.59. The second kappa shape index (κ2) is 7.29. The van der Waals surface area contributed by atoms with Crippen molar-refractivity contribution in [3.8, 4) is 0 Å². The third-order valence-corrected chi connectivity index (χ3v) is 9.34. The van der Waals surface area contributed by atoms with E-state index in [0.717, 1.165) is 22.1 Å². The van der Waals surface area contributed by atoms with Crippen LogP contribution in [0.2, 0.25) is 5.02 Å². The Morgan fingerprint density at radius 1 is 1.14 bits per heavy atom. The Balaban J connectivity index is 1.39. The minimum absolute atomic E-state index is 0.0834. The molecule has 28 heavy (non-hydrogen) atoms. The predicted octanol–water partition coefficient (Wildman–Crippen LogP) is 3.68. The molecule has 0 aromatic heterocycles. The summed E-state index contributed by atoms with van der Waals surface area (Å²) in [5.41, 5.74) is 0.206. The summed E-state index contributed by atoms with van der Waals surface area (Å²) < 4.78 is 26.5. The van der Waals surface area contributed by atoms with Gasteiger partial charge in [0.2, 0.25) is 15.9 Å². The van der Waals surface area contributed by atoms with Crippen LogP contribution in [0.1, 0.15) is 45.4 Å². The molecule has 4 aliphatic carbocycles. The molecule has 0 spiro atoms. The van der Waals surface area contributed by atoms with Gasteiger partial charge < -0.3 is 5.32 Å². The van der Waals surface area contributed by atoms with Crippen LogP contribution < -0.4 is 5.32 Å². The van der Waals surface area contributed by atoms with Gasteiger partial charge in [-0.25, -0.2) is 8.42 Å². The molecule has 0 radical (unpaired) electrons. The summed E-state index contributed by atoms with van der Waals surface area (Å²) in [4.78, 5) is 12.8. The number of hydrogen-bond acceptors (Lipinski definition) is 3. The van der Waals surface area contributed by atoms with Crippen molar-refractivity contribution in [3.63, 3.8) is 0 Å². The van der Waals surface area contributed by atoms with Crippen molar-refractivity contribution < 1.29 is 13.2 Å². The summed E-state index contributed by atoms with van der Waals surface area (Å²) in [7, 11) is -2.27. The Morgan fingerprint density at radius 2 is 1.64 bits per heavy atom. The molecule has 154 valence electrons. The van der Waals surface area contributed by atoms with Gasteiger partial charge >= 0.3 is 0 Å². The number of likely N-dealkylation sites (N-methyl/N-ethyl adjacent to an activating group) is 1. The maximum absolute atomic E-state index is 12.7. The molecule has 1 aromatic carbocycles. The SMILES string of the molecule is C[C@H](NC(=O)CN(C)S(=O)(=O)c1ccc(Cl)cc1)C12CC3CC(CC(C3)C1)C2. The molecule has 0 aliphatic heterocycles. The first-order valence-corrected chi connectivity index (χ1v) is 12.0. The summed E-state index contributed by atoms with van der Waals surface area (Å²) in [5.74, 6) is 2.22. The Hall–Kier alpha value is -1.11. The maximum Gasteiger partial charge on any atom is 0.243 e. The van der Waals surface area contributed by atoms with Crippen LogP contribution >= 0.6 is 11.6 Å². The zero-order valence-corrected chi connectivity index (χ0v) is 18.1. The minimum atomic E-state index is -3.72. The molecule has 7 heteroatoms. The van der Waals surface area contributed by atoms with E-state index in [1.54, 1.807) is 0 Å². The minimum Gasteiger partial charge on any atom is -0.352 e. The number of nitrogens with one attached hydrogen (secondary N) is 1. The molecule has 1 amide bonds. The molecule has 5 nitrogen and oxygen atoms in total. The maximum atomic E-state index is 12.7. The number of hydrogen-bond donors (Lipinski definition) is 1. The molecule has 1 atom stereocenters. The van der Waals surface area contributed by atoms with Crippen LogP contribution in [0.4, 0.5) is 0 Å². The topological polar surface area (TPSA) is 66.5 Å². The molecule has 5 rings (SSSR count). The second-order valence-corrected chi connectivity index (χ2v) is 11.8. The number of nitrogens with zero attached hydrogens (tertiary/aromatic N) is 1. The van der Waals surface area contributed by atoms with Gasteiger partial charge in [-0.2, -0.15) is 4.31 Å². The molecule has 0 heterocycles. The molecule has 0 saturated heterocycles. The summed E-state index contributed by atoms with van der Waals surface area (Å²) in [5, 5.41) is 3.61. The lowest BCUT2D eigenvalue weighted by atomic mass is 9.48. The fourth-order valence-electron chi connectivity index (χ4n) is 6.22. The summed E-state index contributed by atoms with van der Waals surface area (Å²) in [6, 6.07) is 6.09. The van der Waals surface area contributed by atoms with E-state index >= 15 is 0 Å². The lowest BCUT2D eigenvalue weighted by molar-refractivity contribution is -0.125. The van der Waals surface area contributed by atoms with Crippen molar-refractivity contribution in [1.29, 1.82) is 0 Å². The number of sulfonamides is 1. The van der Waals surface area contributed by atoms with Crippen LogP contribution in [0.5, 0.6) is 0 Å². The highest BCUT2D eigenvalue weighted by atomic mass is 35.5. The van der Waals surface area contributed by atoms with Gasteiger partial charge in [0.15, 0.2) is 0 Å². The molecule has 0 unspecified atom stereocenters. The van der Waals surface area contributed by atoms with E-state index in [1.807, 2.05) is 0 Å². The zero-order chi connectivity index (χ0) is 20.1. The molecule has 1 N–H and O–H groups in total. The van der Waals surface area contributed by atoms with Crippen LogP contribution in [-0.2, 0) is 14.8 Å². The van der Waals surface area contributed by atoms with Crippen molar-refractivity contribution >= 4 is 27.5 Å². The Labute approximate surface area is 172 Å². The number of carbonyl (C=O) groups excluding carboxylic acids is 1. The van der Waals surface area contributed by atoms with E-state index in [-0.39, 0.29) is 28.8 Å². The zero-order valence-electron chi connectivity index (χ0n) is 16.5. The van der Waals surface area contributed by atoms with Crippen molar-refractivity contribution in [2.45, 2.75) is 56.4 Å². The Bertz CT molecular complexity index is 818. The smallest absolute Gasteiger partial charge is 0.243 e. The van der Waals surface area contributed by atoms with Crippen LogP contribution in [0.3, 0.4) is 0 Å². The highest BCUT2D eigenvalue weighted by Gasteiger charge is 2.53. The summed E-state index contributed by atoms with van der Waals surface area (Å²) >= 11 is 5.84. The van der Waals surface area contributed by atoms with E-state index < -0.39 is 10.0 Å². The van der Waals surface area contributed by atoms with E-state index in [4.69, 9.17) is 11.6 Å². The van der Waals surface area contributed by atoms with Crippen molar-refractivity contribution in [1.82, 2.24) is 9.62 Å². The van der Waals surface area contributed by atoms with Crippen LogP contribution in [0.25, 0.3) is 0 Å². The van der Waals surface area contributed by atoms with Crippen molar-refractivity contribution in [2.75, 3.05) is 13.6 Å². The third-order valence-electron chi connectivity index (χ3n) is 7.27. The van der Waals surface area contributed by atoms with Crippen LogP contribution in [-0.4, -0.2) is 38.3 Å². The van der Waals surface area contributed by atoms with Crippen LogP contribution in [0, 0.1) is 23.2 Å². The standard InChI is InChI=1S/C21H29ClN2O3S/c1-14(21-10-15-7-16(11-21)9-17(8-15)12-21)23-20(25)13-24(2)28(26,27)19-5-3-18(22)4-6-19/h3-6,14-17H,7-13H2,1-2H3,(H,23,25)/t14-,15?,16?,17?,21?/m0/s1. The second-order valence-electron chi connectivity index (χ2n) is 9.28. The summed E-state index contributed by atoms with van der Waals surface area (Å²) in [6.07, 6.45) is 7.71. The fourth-order valence-corrected chi connectivity index (χ4v) is 7.48. The number of halogens is 1. The molecular weight excluding hydrogens is 396 g/mol. The quantitative estimate of drug-likeness (QED) is 0.757. The van der Waals surface area contributed by atoms with Gasteiger partial charge in [-0.3, -0.25) is 4.79 Å². The van der Waals surface area contributed by atoms with Crippen molar-refractivity contribution in [3.05, 3.63) is 29.3 Å². The van der Waals surface area contributed by atoms with E-state index in [9.17, 15) is 13.2 Å². The first kappa shape index (κ1) is 20.2. The first-order valence-electron chi connectivity index (χ1n) is 10.2. The number of benzene rings is 1. The average Bonchev–Trinajstić information content (AvgIpc) is 2.60. The van der Waals surface area contributed by atoms with Crippen LogP contribution in [0.15, 0.2) is 29.2 Å². The fraction of sp³-hybridized carbons (Fsp3) is 0.667. The number of amides is 1. The largest absolute Gasteiger partial charge is 0.352 e. The monoisotopic (exact) mass is 424 g/mol. The predicted molar refractivity (Wildman–Crippen MR) is 109 cm³/mol. The van der Waals surface area contributed by atoms with Gasteiger partial charge in [-0.15, -0.1) is 0 Å². The highest BCUT2D eigenvalue weighted by molar-refractivity contribution is 7.89. The van der Waals surface area contributed by atoms with Gasteiger partial charge in [0.25, 0.3) is 0 Å². The summed E-state index contributed by atoms with van der Waals surface area (Å²) in [6.45, 7) is 1.93. The first-order chi connectivity index (χ1) is 13.2. The van der Waals surface area contributed by atoms with E-state index in [2.05, 4.69) is 12.2 Å². The van der Waals surface area contributed by atoms with Gasteiger partial charge in [0, 0.05) is 18.1 Å². The normalized spacial score (nSPS) is 32.5. The van der Waals surface area contributed by atoms with Gasteiger partial charge in [-0.1, -0.05) is 11.6 Å². The Kier molecular flexibility index (Phi) is 5.26. The average molecular weight is 425 g/mol. The lowest BCUT2D eigenvalue weighted by Crippen LogP contribution is -2.56. The molecular formula is C21H29ClN2O3S. The van der Waals surface area contributed by atoms with E-state index in [1.165, 1.54) is 69.8 Å². The Morgan fingerprint density at radius 3 is 2.14 bits per heavy atom. The molecule has 4 fully saturated rings. The van der Waals surface area contributed by atoms with Gasteiger partial charge in [0.1, 0.15) is 0 Å². The molecule has 1 aromatic rings. The number of rotatable bonds is 6. The van der Waals surface area contributed by atoms with E-state index in [0.29, 0.717) is 5.02 Å². The number of carbonyl (C=O) groups is 1. The molecule has 4 bridgehead atoms. The highest BCUT2D eigenvalue weighted by Crippen LogP contribution is 2.61. The molecule has 4 saturated carbocycles. The van der Waals surface area contributed by atoms with Gasteiger partial charge in [-0.05, 0) is 92.9 Å². The van der Waals surface area contributed by atoms with Crippen molar-refractivity contribution in [2.24, 2.45) is 23.2 Å².